The van der Waals surface area contributed by atoms with Crippen LogP contribution in [0.5, 0.6) is 5.75 Å². The number of amides is 1. The minimum Gasteiger partial charge on any atom is -0.505 e. The standard InChI is InChI=1S/C12H14FNO4/c1-2-18-12(17)6-5-11(16)14-8-3-4-10(15)9(13)7-8/h3-4,7,15H,2,5-6H2,1H3,(H,14,16). The van der Waals surface area contributed by atoms with E-state index in [0.717, 1.165) is 12.1 Å². The maximum Gasteiger partial charge on any atom is 0.306 e. The Hall–Kier alpha value is -2.11. The lowest BCUT2D eigenvalue weighted by atomic mass is 10.2. The second-order valence-corrected chi connectivity index (χ2v) is 3.52. The molecule has 1 aromatic carbocycles. The first-order valence-corrected chi connectivity index (χ1v) is 5.47. The van der Waals surface area contributed by atoms with Gasteiger partial charge in [0, 0.05) is 18.2 Å². The normalized spacial score (nSPS) is 9.89. The largest absolute Gasteiger partial charge is 0.505 e. The molecule has 0 saturated carbocycles. The lowest BCUT2D eigenvalue weighted by Crippen LogP contribution is -2.14. The first-order valence-electron chi connectivity index (χ1n) is 5.47. The van der Waals surface area contributed by atoms with Crippen molar-refractivity contribution in [3.63, 3.8) is 0 Å². The van der Waals surface area contributed by atoms with Crippen molar-refractivity contribution in [2.75, 3.05) is 11.9 Å². The molecular weight excluding hydrogens is 241 g/mol. The van der Waals surface area contributed by atoms with Gasteiger partial charge in [-0.05, 0) is 19.1 Å². The van der Waals surface area contributed by atoms with Gasteiger partial charge >= 0.3 is 5.97 Å². The van der Waals surface area contributed by atoms with Gasteiger partial charge in [-0.2, -0.15) is 0 Å². The molecule has 0 fully saturated rings. The minimum absolute atomic E-state index is 0.0275. The van der Waals surface area contributed by atoms with E-state index in [1.54, 1.807) is 6.92 Å². The van der Waals surface area contributed by atoms with Crippen LogP contribution in [0.15, 0.2) is 18.2 Å². The Morgan fingerprint density at radius 1 is 1.39 bits per heavy atom. The van der Waals surface area contributed by atoms with Crippen molar-refractivity contribution >= 4 is 17.6 Å². The van der Waals surface area contributed by atoms with E-state index in [2.05, 4.69) is 10.1 Å². The summed E-state index contributed by atoms with van der Waals surface area (Å²) in [6, 6.07) is 3.49. The van der Waals surface area contributed by atoms with Crippen LogP contribution in [0, 0.1) is 5.82 Å². The smallest absolute Gasteiger partial charge is 0.306 e. The number of carbonyl (C=O) groups is 2. The minimum atomic E-state index is -0.821. The molecule has 2 N–H and O–H groups in total. The summed E-state index contributed by atoms with van der Waals surface area (Å²) in [6.45, 7) is 1.95. The molecule has 0 unspecified atom stereocenters. The Morgan fingerprint density at radius 2 is 2.11 bits per heavy atom. The number of rotatable bonds is 5. The van der Waals surface area contributed by atoms with Crippen molar-refractivity contribution < 1.29 is 23.8 Å². The molecule has 1 amide bonds. The van der Waals surface area contributed by atoms with Crippen molar-refractivity contribution in [2.45, 2.75) is 19.8 Å². The van der Waals surface area contributed by atoms with E-state index in [-0.39, 0.29) is 25.1 Å². The van der Waals surface area contributed by atoms with E-state index in [9.17, 15) is 14.0 Å². The monoisotopic (exact) mass is 255 g/mol. The molecule has 0 bridgehead atoms. The first-order chi connectivity index (χ1) is 8.52. The molecule has 0 aromatic heterocycles. The number of esters is 1. The van der Waals surface area contributed by atoms with Gasteiger partial charge in [0.15, 0.2) is 11.6 Å². The second-order valence-electron chi connectivity index (χ2n) is 3.52. The fraction of sp³-hybridized carbons (Fsp3) is 0.333. The Balaban J connectivity index is 2.44. The number of carbonyl (C=O) groups excluding carboxylic acids is 2. The third-order valence-corrected chi connectivity index (χ3v) is 2.09. The van der Waals surface area contributed by atoms with Gasteiger partial charge in [-0.15, -0.1) is 0 Å². The van der Waals surface area contributed by atoms with Gasteiger partial charge in [-0.3, -0.25) is 9.59 Å². The van der Waals surface area contributed by atoms with Crippen LogP contribution in [0.2, 0.25) is 0 Å². The van der Waals surface area contributed by atoms with Crippen LogP contribution in [0.3, 0.4) is 0 Å². The molecule has 6 heteroatoms. The first kappa shape index (κ1) is 14.0. The van der Waals surface area contributed by atoms with E-state index in [4.69, 9.17) is 5.11 Å². The number of hydrogen-bond donors (Lipinski definition) is 2. The fourth-order valence-corrected chi connectivity index (χ4v) is 1.26. The quantitative estimate of drug-likeness (QED) is 0.621. The van der Waals surface area contributed by atoms with Gasteiger partial charge in [0.2, 0.25) is 5.91 Å². The lowest BCUT2D eigenvalue weighted by Gasteiger charge is -2.05. The molecule has 0 radical (unpaired) electrons. The molecule has 98 valence electrons. The van der Waals surface area contributed by atoms with Crippen LogP contribution < -0.4 is 5.32 Å². The van der Waals surface area contributed by atoms with Crippen LogP contribution in [0.1, 0.15) is 19.8 Å². The van der Waals surface area contributed by atoms with Crippen molar-refractivity contribution in [3.8, 4) is 5.75 Å². The zero-order chi connectivity index (χ0) is 13.5. The number of halogens is 1. The maximum atomic E-state index is 13.0. The summed E-state index contributed by atoms with van der Waals surface area (Å²) in [5, 5.41) is 11.4. The molecule has 0 heterocycles. The molecule has 0 aliphatic carbocycles. The Morgan fingerprint density at radius 3 is 2.72 bits per heavy atom. The number of anilines is 1. The SMILES string of the molecule is CCOC(=O)CCC(=O)Nc1ccc(O)c(F)c1. The number of phenols is 1. The molecule has 1 aromatic rings. The number of benzene rings is 1. The average Bonchev–Trinajstić information content (AvgIpc) is 2.32. The van der Waals surface area contributed by atoms with Crippen LogP contribution in [-0.4, -0.2) is 23.6 Å². The van der Waals surface area contributed by atoms with Crippen LogP contribution in [0.25, 0.3) is 0 Å². The van der Waals surface area contributed by atoms with Crippen molar-refractivity contribution in [2.24, 2.45) is 0 Å². The fourth-order valence-electron chi connectivity index (χ4n) is 1.26. The summed E-state index contributed by atoms with van der Waals surface area (Å²) < 4.78 is 17.6. The molecule has 0 atom stereocenters. The predicted octanol–water partition coefficient (Wildman–Crippen LogP) is 1.81. The second kappa shape index (κ2) is 6.58. The van der Waals surface area contributed by atoms with Crippen molar-refractivity contribution in [3.05, 3.63) is 24.0 Å². The summed E-state index contributed by atoms with van der Waals surface area (Å²) in [7, 11) is 0. The van der Waals surface area contributed by atoms with E-state index in [1.165, 1.54) is 6.07 Å². The lowest BCUT2D eigenvalue weighted by molar-refractivity contribution is -0.144. The molecular formula is C12H14FNO4. The number of phenolic OH excluding ortho intramolecular Hbond substituents is 1. The number of aromatic hydroxyl groups is 1. The number of hydrogen-bond acceptors (Lipinski definition) is 4. The van der Waals surface area contributed by atoms with Gasteiger partial charge in [-0.25, -0.2) is 4.39 Å². The van der Waals surface area contributed by atoms with Gasteiger partial charge in [0.05, 0.1) is 13.0 Å². The zero-order valence-electron chi connectivity index (χ0n) is 9.90. The zero-order valence-corrected chi connectivity index (χ0v) is 9.90. The molecule has 0 aliphatic heterocycles. The highest BCUT2D eigenvalue weighted by Gasteiger charge is 2.09. The van der Waals surface area contributed by atoms with Gasteiger partial charge in [-0.1, -0.05) is 0 Å². The van der Waals surface area contributed by atoms with Crippen molar-refractivity contribution in [1.82, 2.24) is 0 Å². The van der Waals surface area contributed by atoms with Crippen LogP contribution in [-0.2, 0) is 14.3 Å². The van der Waals surface area contributed by atoms with Crippen LogP contribution in [0.4, 0.5) is 10.1 Å². The van der Waals surface area contributed by atoms with Crippen LogP contribution >= 0.6 is 0 Å². The highest BCUT2D eigenvalue weighted by Crippen LogP contribution is 2.19. The van der Waals surface area contributed by atoms with Gasteiger partial charge in [0.1, 0.15) is 0 Å². The van der Waals surface area contributed by atoms with E-state index in [0.29, 0.717) is 0 Å². The van der Waals surface area contributed by atoms with Gasteiger partial charge < -0.3 is 15.2 Å². The molecule has 1 rings (SSSR count). The summed E-state index contributed by atoms with van der Waals surface area (Å²) in [5.74, 6) is -2.18. The van der Waals surface area contributed by atoms with Crippen molar-refractivity contribution in [1.29, 1.82) is 0 Å². The molecule has 18 heavy (non-hydrogen) atoms. The Kier molecular flexibility index (Phi) is 5.10. The Bertz CT molecular complexity index is 448. The average molecular weight is 255 g/mol. The van der Waals surface area contributed by atoms with E-state index < -0.39 is 23.4 Å². The maximum absolute atomic E-state index is 13.0. The Labute approximate surface area is 104 Å². The summed E-state index contributed by atoms with van der Waals surface area (Å²) in [5.41, 5.74) is 0.221. The summed E-state index contributed by atoms with van der Waals surface area (Å²) in [6.07, 6.45) is -0.0679. The number of nitrogens with one attached hydrogen (secondary N) is 1. The third-order valence-electron chi connectivity index (χ3n) is 2.09. The highest BCUT2D eigenvalue weighted by atomic mass is 19.1. The third kappa shape index (κ3) is 4.40. The predicted molar refractivity (Wildman–Crippen MR) is 62.6 cm³/mol. The summed E-state index contributed by atoms with van der Waals surface area (Å²) in [4.78, 5) is 22.4. The molecule has 0 spiro atoms. The highest BCUT2D eigenvalue weighted by molar-refractivity contribution is 5.92. The molecule has 5 nitrogen and oxygen atoms in total. The molecule has 0 aliphatic rings. The van der Waals surface area contributed by atoms with E-state index in [1.807, 2.05) is 0 Å². The molecule has 0 saturated heterocycles. The van der Waals surface area contributed by atoms with E-state index >= 15 is 0 Å². The number of ether oxygens (including phenoxy) is 1. The van der Waals surface area contributed by atoms with Gasteiger partial charge in [0.25, 0.3) is 0 Å². The summed E-state index contributed by atoms with van der Waals surface area (Å²) >= 11 is 0. The topological polar surface area (TPSA) is 75.6 Å².